The van der Waals surface area contributed by atoms with Crippen molar-refractivity contribution in [3.63, 3.8) is 0 Å². The van der Waals surface area contributed by atoms with Gasteiger partial charge in [0.1, 0.15) is 0 Å². The minimum atomic E-state index is -1.09. The molecule has 0 aliphatic heterocycles. The number of nitro benzene ring substituents is 1. The topological polar surface area (TPSA) is 106 Å². The van der Waals surface area contributed by atoms with Crippen molar-refractivity contribution in [2.45, 2.75) is 6.92 Å². The maximum Gasteiger partial charge on any atom is 0.339 e. The van der Waals surface area contributed by atoms with Crippen molar-refractivity contribution >= 4 is 11.7 Å². The fraction of sp³-hybridized carbons (Fsp3) is 0.0833. The van der Waals surface area contributed by atoms with E-state index in [9.17, 15) is 14.9 Å². The van der Waals surface area contributed by atoms with Crippen molar-refractivity contribution in [2.24, 2.45) is 0 Å². The minimum absolute atomic E-state index is 0.0253. The van der Waals surface area contributed by atoms with Crippen LogP contribution in [0.15, 0.2) is 30.5 Å². The van der Waals surface area contributed by atoms with E-state index in [4.69, 9.17) is 5.11 Å². The van der Waals surface area contributed by atoms with Crippen LogP contribution < -0.4 is 0 Å². The largest absolute Gasteiger partial charge is 0.478 e. The Balaban J connectivity index is 2.39. The summed E-state index contributed by atoms with van der Waals surface area (Å²) in [6, 6.07) is 5.74. The van der Waals surface area contributed by atoms with E-state index < -0.39 is 10.9 Å². The van der Waals surface area contributed by atoms with Gasteiger partial charge in [0.2, 0.25) is 0 Å². The summed E-state index contributed by atoms with van der Waals surface area (Å²) in [6.07, 6.45) is 1.22. The highest BCUT2D eigenvalue weighted by Crippen LogP contribution is 2.20. The van der Waals surface area contributed by atoms with Crippen LogP contribution in [0.25, 0.3) is 11.4 Å². The summed E-state index contributed by atoms with van der Waals surface area (Å²) in [4.78, 5) is 28.9. The Morgan fingerprint density at radius 2 is 1.95 bits per heavy atom. The van der Waals surface area contributed by atoms with Gasteiger partial charge in [-0.3, -0.25) is 10.1 Å². The summed E-state index contributed by atoms with van der Waals surface area (Å²) in [7, 11) is 0. The molecule has 0 atom stereocenters. The second-order valence-electron chi connectivity index (χ2n) is 3.80. The van der Waals surface area contributed by atoms with Gasteiger partial charge in [-0.2, -0.15) is 0 Å². The van der Waals surface area contributed by atoms with Gasteiger partial charge in [-0.1, -0.05) is 0 Å². The Labute approximate surface area is 107 Å². The van der Waals surface area contributed by atoms with Crippen molar-refractivity contribution in [3.8, 4) is 11.4 Å². The van der Waals surface area contributed by atoms with Crippen LogP contribution in [0.3, 0.4) is 0 Å². The molecule has 0 aliphatic carbocycles. The molecule has 0 fully saturated rings. The molecule has 7 nitrogen and oxygen atoms in total. The van der Waals surface area contributed by atoms with Crippen molar-refractivity contribution in [1.29, 1.82) is 0 Å². The standard InChI is InChI=1S/C12H9N3O4/c1-7-10(12(16)17)6-13-11(14-7)8-2-4-9(5-3-8)15(18)19/h2-6H,1H3,(H,16,17). The van der Waals surface area contributed by atoms with Gasteiger partial charge < -0.3 is 5.11 Å². The summed E-state index contributed by atoms with van der Waals surface area (Å²) in [5.41, 5.74) is 0.940. The second-order valence-corrected chi connectivity index (χ2v) is 3.80. The Morgan fingerprint density at radius 3 is 2.42 bits per heavy atom. The number of aryl methyl sites for hydroxylation is 1. The number of carboxylic acid groups (broad SMARTS) is 1. The lowest BCUT2D eigenvalue weighted by atomic mass is 10.1. The van der Waals surface area contributed by atoms with Gasteiger partial charge in [-0.05, 0) is 19.1 Å². The minimum Gasteiger partial charge on any atom is -0.478 e. The third kappa shape index (κ3) is 2.54. The quantitative estimate of drug-likeness (QED) is 0.667. The Morgan fingerprint density at radius 1 is 1.32 bits per heavy atom. The number of nitro groups is 1. The van der Waals surface area contributed by atoms with E-state index in [0.29, 0.717) is 17.1 Å². The first-order valence-electron chi connectivity index (χ1n) is 5.31. The van der Waals surface area contributed by atoms with Crippen LogP contribution in [0, 0.1) is 17.0 Å². The fourth-order valence-electron chi connectivity index (χ4n) is 1.55. The molecule has 0 saturated carbocycles. The third-order valence-corrected chi connectivity index (χ3v) is 2.55. The van der Waals surface area contributed by atoms with Crippen LogP contribution >= 0.6 is 0 Å². The molecule has 1 heterocycles. The first-order chi connectivity index (χ1) is 8.99. The van der Waals surface area contributed by atoms with Crippen molar-refractivity contribution in [2.75, 3.05) is 0 Å². The van der Waals surface area contributed by atoms with Crippen molar-refractivity contribution in [1.82, 2.24) is 9.97 Å². The van der Waals surface area contributed by atoms with Crippen LogP contribution in [0.5, 0.6) is 0 Å². The van der Waals surface area contributed by atoms with Gasteiger partial charge in [0.25, 0.3) is 5.69 Å². The number of rotatable bonds is 3. The number of hydrogen-bond donors (Lipinski definition) is 1. The molecule has 1 N–H and O–H groups in total. The molecule has 0 unspecified atom stereocenters. The summed E-state index contributed by atoms with van der Waals surface area (Å²) < 4.78 is 0. The molecule has 0 amide bonds. The number of carbonyl (C=O) groups is 1. The van der Waals surface area contributed by atoms with Gasteiger partial charge in [-0.25, -0.2) is 14.8 Å². The lowest BCUT2D eigenvalue weighted by Crippen LogP contribution is -2.04. The first kappa shape index (κ1) is 12.6. The monoisotopic (exact) mass is 259 g/mol. The molecular formula is C12H9N3O4. The Kier molecular flexibility index (Phi) is 3.19. The number of aromatic carboxylic acids is 1. The highest BCUT2D eigenvalue weighted by atomic mass is 16.6. The van der Waals surface area contributed by atoms with Crippen LogP contribution in [-0.4, -0.2) is 26.0 Å². The normalized spacial score (nSPS) is 10.2. The maximum atomic E-state index is 10.8. The van der Waals surface area contributed by atoms with Gasteiger partial charge in [0, 0.05) is 23.9 Å². The van der Waals surface area contributed by atoms with E-state index >= 15 is 0 Å². The molecule has 0 radical (unpaired) electrons. The molecule has 2 rings (SSSR count). The summed E-state index contributed by atoms with van der Waals surface area (Å²) in [5, 5.41) is 19.4. The summed E-state index contributed by atoms with van der Waals surface area (Å²) in [5.74, 6) is -0.759. The number of aromatic nitrogens is 2. The average Bonchev–Trinajstić information content (AvgIpc) is 2.38. The van der Waals surface area contributed by atoms with Gasteiger partial charge >= 0.3 is 5.97 Å². The molecule has 19 heavy (non-hydrogen) atoms. The van der Waals surface area contributed by atoms with Gasteiger partial charge in [0.05, 0.1) is 16.2 Å². The predicted molar refractivity (Wildman–Crippen MR) is 65.8 cm³/mol. The molecule has 0 aliphatic rings. The zero-order chi connectivity index (χ0) is 14.0. The molecule has 0 bridgehead atoms. The lowest BCUT2D eigenvalue weighted by molar-refractivity contribution is -0.384. The van der Waals surface area contributed by atoms with E-state index in [-0.39, 0.29) is 11.3 Å². The number of nitrogens with zero attached hydrogens (tertiary/aromatic N) is 3. The average molecular weight is 259 g/mol. The van der Waals surface area contributed by atoms with E-state index in [1.807, 2.05) is 0 Å². The van der Waals surface area contributed by atoms with Crippen LogP contribution in [-0.2, 0) is 0 Å². The van der Waals surface area contributed by atoms with Crippen molar-refractivity contribution in [3.05, 3.63) is 51.8 Å². The van der Waals surface area contributed by atoms with Gasteiger partial charge in [0.15, 0.2) is 5.82 Å². The highest BCUT2D eigenvalue weighted by molar-refractivity contribution is 5.88. The third-order valence-electron chi connectivity index (χ3n) is 2.55. The van der Waals surface area contributed by atoms with E-state index in [2.05, 4.69) is 9.97 Å². The lowest BCUT2D eigenvalue weighted by Gasteiger charge is -2.03. The van der Waals surface area contributed by atoms with E-state index in [0.717, 1.165) is 0 Å². The maximum absolute atomic E-state index is 10.8. The summed E-state index contributed by atoms with van der Waals surface area (Å²) >= 11 is 0. The Hall–Kier alpha value is -2.83. The Bertz CT molecular complexity index is 653. The molecule has 96 valence electrons. The van der Waals surface area contributed by atoms with E-state index in [1.54, 1.807) is 6.92 Å². The number of hydrogen-bond acceptors (Lipinski definition) is 5. The SMILES string of the molecule is Cc1nc(-c2ccc([N+](=O)[O-])cc2)ncc1C(=O)O. The molecule has 2 aromatic rings. The number of benzene rings is 1. The molecule has 0 spiro atoms. The smallest absolute Gasteiger partial charge is 0.339 e. The summed E-state index contributed by atoms with van der Waals surface area (Å²) in [6.45, 7) is 1.57. The molecule has 1 aromatic heterocycles. The number of carboxylic acids is 1. The number of non-ortho nitro benzene ring substituents is 1. The zero-order valence-electron chi connectivity index (χ0n) is 9.90. The van der Waals surface area contributed by atoms with Gasteiger partial charge in [-0.15, -0.1) is 0 Å². The first-order valence-corrected chi connectivity index (χ1v) is 5.31. The van der Waals surface area contributed by atoms with Crippen molar-refractivity contribution < 1.29 is 14.8 Å². The van der Waals surface area contributed by atoms with Crippen LogP contribution in [0.1, 0.15) is 16.1 Å². The predicted octanol–water partition coefficient (Wildman–Crippen LogP) is 2.06. The fourth-order valence-corrected chi connectivity index (χ4v) is 1.55. The second kappa shape index (κ2) is 4.81. The zero-order valence-corrected chi connectivity index (χ0v) is 9.90. The molecule has 1 aromatic carbocycles. The molecule has 0 saturated heterocycles. The molecule has 7 heteroatoms. The van der Waals surface area contributed by atoms with Crippen LogP contribution in [0.4, 0.5) is 5.69 Å². The van der Waals surface area contributed by atoms with Crippen LogP contribution in [0.2, 0.25) is 0 Å². The highest BCUT2D eigenvalue weighted by Gasteiger charge is 2.12. The molecular weight excluding hydrogens is 250 g/mol. The van der Waals surface area contributed by atoms with E-state index in [1.165, 1.54) is 30.5 Å².